The van der Waals surface area contributed by atoms with Crippen LogP contribution in [0.4, 0.5) is 0 Å². The van der Waals surface area contributed by atoms with E-state index in [9.17, 15) is 9.90 Å². The lowest BCUT2D eigenvalue weighted by Gasteiger charge is -2.03. The molecule has 0 spiro atoms. The average molecular weight is 176 g/mol. The van der Waals surface area contributed by atoms with Crippen LogP contribution in [0.25, 0.3) is 6.08 Å². The van der Waals surface area contributed by atoms with Crippen LogP contribution in [0.5, 0.6) is 5.75 Å². The first-order chi connectivity index (χ1) is 6.16. The number of para-hydroxylation sites is 1. The van der Waals surface area contributed by atoms with Gasteiger partial charge >= 0.3 is 0 Å². The molecule has 0 fully saturated rings. The summed E-state index contributed by atoms with van der Waals surface area (Å²) in [5.74, 6) is -0.0584. The molecule has 0 saturated heterocycles. The summed E-state index contributed by atoms with van der Waals surface area (Å²) >= 11 is 0. The van der Waals surface area contributed by atoms with Crippen LogP contribution in [0.2, 0.25) is 0 Å². The van der Waals surface area contributed by atoms with Gasteiger partial charge < -0.3 is 5.11 Å². The van der Waals surface area contributed by atoms with Crippen LogP contribution >= 0.6 is 0 Å². The summed E-state index contributed by atoms with van der Waals surface area (Å²) in [6, 6.07) is 5.14. The summed E-state index contributed by atoms with van der Waals surface area (Å²) in [4.78, 5) is 11.0. The van der Waals surface area contributed by atoms with Gasteiger partial charge in [-0.2, -0.15) is 0 Å². The Labute approximate surface area is 77.5 Å². The van der Waals surface area contributed by atoms with E-state index in [2.05, 4.69) is 0 Å². The van der Waals surface area contributed by atoms with Crippen molar-refractivity contribution in [3.63, 3.8) is 0 Å². The highest BCUT2D eigenvalue weighted by molar-refractivity contribution is 5.97. The molecular formula is C11H12O2. The average Bonchev–Trinajstić information content (AvgIpc) is 2.08. The number of phenolic OH excluding ortho intramolecular Hbond substituents is 1. The smallest absolute Gasteiger partial charge is 0.163 e. The molecule has 0 aliphatic heterocycles. The molecule has 0 aliphatic carbocycles. The van der Waals surface area contributed by atoms with Gasteiger partial charge in [-0.1, -0.05) is 24.3 Å². The number of allylic oxidation sites excluding steroid dienone is 1. The van der Waals surface area contributed by atoms with E-state index in [-0.39, 0.29) is 11.5 Å². The third-order valence-corrected chi connectivity index (χ3v) is 1.79. The van der Waals surface area contributed by atoms with Gasteiger partial charge in [0.25, 0.3) is 0 Å². The molecule has 0 heterocycles. The predicted octanol–water partition coefficient (Wildman–Crippen LogP) is 2.63. The molecule has 1 aromatic rings. The highest BCUT2D eigenvalue weighted by Gasteiger charge is 2.07. The molecule has 0 radical (unpaired) electrons. The van der Waals surface area contributed by atoms with E-state index < -0.39 is 0 Å². The molecule has 0 aliphatic rings. The fourth-order valence-corrected chi connectivity index (χ4v) is 1.16. The van der Waals surface area contributed by atoms with Crippen LogP contribution in [0.3, 0.4) is 0 Å². The number of carbonyl (C=O) groups is 1. The molecule has 0 atom stereocenters. The monoisotopic (exact) mass is 176 g/mol. The Hall–Kier alpha value is -1.57. The minimum absolute atomic E-state index is 0.0631. The standard InChI is InChI=1S/C11H12O2/c1-3-5-9-6-4-7-10(8(2)12)11(9)13/h3-7,13H,1-2H3. The van der Waals surface area contributed by atoms with Crippen LogP contribution < -0.4 is 0 Å². The summed E-state index contributed by atoms with van der Waals surface area (Å²) in [5, 5.41) is 9.62. The van der Waals surface area contributed by atoms with Crippen LogP contribution in [0.1, 0.15) is 29.8 Å². The van der Waals surface area contributed by atoms with Gasteiger partial charge in [-0.05, 0) is 19.9 Å². The van der Waals surface area contributed by atoms with Crippen molar-refractivity contribution in [3.05, 3.63) is 35.4 Å². The largest absolute Gasteiger partial charge is 0.507 e. The second kappa shape index (κ2) is 3.90. The van der Waals surface area contributed by atoms with Crippen LogP contribution in [-0.2, 0) is 0 Å². The Morgan fingerprint density at radius 3 is 2.69 bits per heavy atom. The van der Waals surface area contributed by atoms with Crippen molar-refractivity contribution in [1.29, 1.82) is 0 Å². The molecule has 1 aromatic carbocycles. The van der Waals surface area contributed by atoms with Crippen molar-refractivity contribution in [2.75, 3.05) is 0 Å². The van der Waals surface area contributed by atoms with E-state index >= 15 is 0 Å². The molecule has 0 unspecified atom stereocenters. The summed E-state index contributed by atoms with van der Waals surface area (Å²) in [5.41, 5.74) is 1.05. The SMILES string of the molecule is CC=Cc1cccc(C(C)=O)c1O. The molecular weight excluding hydrogens is 164 g/mol. The molecule has 68 valence electrons. The Morgan fingerprint density at radius 2 is 2.15 bits per heavy atom. The number of aromatic hydroxyl groups is 1. The molecule has 1 N–H and O–H groups in total. The molecule has 13 heavy (non-hydrogen) atoms. The van der Waals surface area contributed by atoms with Crippen molar-refractivity contribution in [2.45, 2.75) is 13.8 Å². The maximum atomic E-state index is 11.0. The van der Waals surface area contributed by atoms with Gasteiger partial charge in [-0.15, -0.1) is 0 Å². The van der Waals surface area contributed by atoms with Crippen molar-refractivity contribution in [3.8, 4) is 5.75 Å². The number of ketones is 1. The summed E-state index contributed by atoms with van der Waals surface area (Å²) in [6.07, 6.45) is 3.58. The van der Waals surface area contributed by atoms with Gasteiger partial charge in [-0.3, -0.25) is 4.79 Å². The van der Waals surface area contributed by atoms with E-state index in [1.165, 1.54) is 6.92 Å². The van der Waals surface area contributed by atoms with Gasteiger partial charge in [0, 0.05) is 5.56 Å². The number of rotatable bonds is 2. The summed E-state index contributed by atoms with van der Waals surface area (Å²) in [7, 11) is 0. The second-order valence-corrected chi connectivity index (χ2v) is 2.80. The Kier molecular flexibility index (Phi) is 2.85. The Balaban J connectivity index is 3.26. The van der Waals surface area contributed by atoms with Crippen LogP contribution in [-0.4, -0.2) is 10.9 Å². The highest BCUT2D eigenvalue weighted by atomic mass is 16.3. The zero-order valence-electron chi connectivity index (χ0n) is 7.74. The predicted molar refractivity (Wildman–Crippen MR) is 52.8 cm³/mol. The van der Waals surface area contributed by atoms with Crippen molar-refractivity contribution < 1.29 is 9.90 Å². The van der Waals surface area contributed by atoms with Crippen molar-refractivity contribution >= 4 is 11.9 Å². The first kappa shape index (κ1) is 9.52. The maximum absolute atomic E-state index is 11.0. The number of benzene rings is 1. The molecule has 2 heteroatoms. The Bertz CT molecular complexity index is 351. The van der Waals surface area contributed by atoms with Gasteiger partial charge in [0.1, 0.15) is 5.75 Å². The molecule has 0 saturated carbocycles. The van der Waals surface area contributed by atoms with Crippen LogP contribution in [0.15, 0.2) is 24.3 Å². The van der Waals surface area contributed by atoms with Crippen molar-refractivity contribution in [2.24, 2.45) is 0 Å². The quantitative estimate of drug-likeness (QED) is 0.703. The molecule has 0 amide bonds. The first-order valence-electron chi connectivity index (χ1n) is 4.12. The van der Waals surface area contributed by atoms with E-state index in [0.29, 0.717) is 11.1 Å². The number of Topliss-reactive ketones (excluding diaryl/α,β-unsaturated/α-hetero) is 1. The lowest BCUT2D eigenvalue weighted by Crippen LogP contribution is -1.93. The van der Waals surface area contributed by atoms with E-state index in [1.54, 1.807) is 24.3 Å². The minimum Gasteiger partial charge on any atom is -0.507 e. The Morgan fingerprint density at radius 1 is 1.46 bits per heavy atom. The van der Waals surface area contributed by atoms with Gasteiger partial charge in [0.2, 0.25) is 0 Å². The fourth-order valence-electron chi connectivity index (χ4n) is 1.16. The fraction of sp³-hybridized carbons (Fsp3) is 0.182. The lowest BCUT2D eigenvalue weighted by molar-refractivity contribution is 0.101. The highest BCUT2D eigenvalue weighted by Crippen LogP contribution is 2.23. The number of hydrogen-bond acceptors (Lipinski definition) is 2. The third kappa shape index (κ3) is 1.96. The topological polar surface area (TPSA) is 37.3 Å². The normalized spacial score (nSPS) is 10.6. The number of phenols is 1. The minimum atomic E-state index is -0.121. The first-order valence-corrected chi connectivity index (χ1v) is 4.12. The van der Waals surface area contributed by atoms with E-state index in [0.717, 1.165) is 0 Å². The van der Waals surface area contributed by atoms with Gasteiger partial charge in [0.05, 0.1) is 5.56 Å². The third-order valence-electron chi connectivity index (χ3n) is 1.79. The molecule has 0 aromatic heterocycles. The van der Waals surface area contributed by atoms with Crippen molar-refractivity contribution in [1.82, 2.24) is 0 Å². The zero-order chi connectivity index (χ0) is 9.84. The van der Waals surface area contributed by atoms with E-state index in [4.69, 9.17) is 0 Å². The van der Waals surface area contributed by atoms with Gasteiger partial charge in [0.15, 0.2) is 5.78 Å². The second-order valence-electron chi connectivity index (χ2n) is 2.80. The number of hydrogen-bond donors (Lipinski definition) is 1. The van der Waals surface area contributed by atoms with Gasteiger partial charge in [-0.25, -0.2) is 0 Å². The number of carbonyl (C=O) groups excluding carboxylic acids is 1. The lowest BCUT2D eigenvalue weighted by atomic mass is 10.1. The summed E-state index contributed by atoms with van der Waals surface area (Å²) < 4.78 is 0. The maximum Gasteiger partial charge on any atom is 0.163 e. The molecule has 0 bridgehead atoms. The molecule has 1 rings (SSSR count). The zero-order valence-corrected chi connectivity index (χ0v) is 7.74. The summed E-state index contributed by atoms with van der Waals surface area (Å²) in [6.45, 7) is 3.30. The molecule has 2 nitrogen and oxygen atoms in total. The van der Waals surface area contributed by atoms with Crippen LogP contribution in [0, 0.1) is 0 Å². The van der Waals surface area contributed by atoms with E-state index in [1.807, 2.05) is 13.0 Å².